The molecule has 0 aliphatic heterocycles. The summed E-state index contributed by atoms with van der Waals surface area (Å²) in [6.45, 7) is -0.0484. The van der Waals surface area contributed by atoms with Crippen LogP contribution in [0, 0.1) is 0 Å². The second-order valence-electron chi connectivity index (χ2n) is 4.80. The normalized spacial score (nSPS) is 11.5. The highest BCUT2D eigenvalue weighted by atomic mass is 32.2. The summed E-state index contributed by atoms with van der Waals surface area (Å²) in [6, 6.07) is 12.4. The van der Waals surface area contributed by atoms with E-state index in [0.29, 0.717) is 11.5 Å². The Morgan fingerprint density at radius 2 is 1.74 bits per heavy atom. The Kier molecular flexibility index (Phi) is 4.45. The zero-order valence-corrected chi connectivity index (χ0v) is 12.9. The maximum Gasteiger partial charge on any atom is 0.247 e. The summed E-state index contributed by atoms with van der Waals surface area (Å²) in [5, 5.41) is 7.73. The van der Waals surface area contributed by atoms with Crippen LogP contribution in [0.25, 0.3) is 11.5 Å². The summed E-state index contributed by atoms with van der Waals surface area (Å²) in [7, 11) is -3.48. The fourth-order valence-corrected chi connectivity index (χ4v) is 3.03. The van der Waals surface area contributed by atoms with Crippen LogP contribution in [0.2, 0.25) is 0 Å². The highest BCUT2D eigenvalue weighted by molar-refractivity contribution is 7.88. The molecule has 0 saturated heterocycles. The molecule has 0 aliphatic carbocycles. The van der Waals surface area contributed by atoms with Crippen LogP contribution in [0.4, 0.5) is 0 Å². The number of sulfonamides is 1. The molecule has 0 aliphatic rings. The first-order valence-corrected chi connectivity index (χ1v) is 8.52. The minimum absolute atomic E-state index is 0.0484. The number of nitrogens with zero attached hydrogens (tertiary/aromatic N) is 3. The Bertz CT molecular complexity index is 864. The number of rotatable bonds is 6. The van der Waals surface area contributed by atoms with Crippen LogP contribution >= 0.6 is 0 Å². The van der Waals surface area contributed by atoms with Crippen molar-refractivity contribution in [2.75, 3.05) is 0 Å². The molecular weight excluding hydrogens is 316 g/mol. The third-order valence-electron chi connectivity index (χ3n) is 3.04. The van der Waals surface area contributed by atoms with Crippen LogP contribution in [-0.4, -0.2) is 23.6 Å². The molecule has 1 N–H and O–H groups in total. The Hall–Kier alpha value is -2.58. The highest BCUT2D eigenvalue weighted by Gasteiger charge is 2.14. The molecule has 0 amide bonds. The molecule has 23 heavy (non-hydrogen) atoms. The molecule has 2 heterocycles. The van der Waals surface area contributed by atoms with Crippen molar-refractivity contribution in [1.82, 2.24) is 19.9 Å². The summed E-state index contributed by atoms with van der Waals surface area (Å²) in [5.41, 5.74) is 1.44. The first kappa shape index (κ1) is 15.3. The molecule has 0 fully saturated rings. The van der Waals surface area contributed by atoms with Gasteiger partial charge in [0.15, 0.2) is 0 Å². The van der Waals surface area contributed by atoms with Crippen molar-refractivity contribution in [1.29, 1.82) is 0 Å². The highest BCUT2D eigenvalue weighted by Crippen LogP contribution is 2.16. The summed E-state index contributed by atoms with van der Waals surface area (Å²) in [5.74, 6) is 0.428. The van der Waals surface area contributed by atoms with Gasteiger partial charge in [0.05, 0.1) is 12.3 Å². The average molecular weight is 330 g/mol. The smallest absolute Gasteiger partial charge is 0.247 e. The largest absolute Gasteiger partial charge is 0.419 e. The van der Waals surface area contributed by atoms with Crippen LogP contribution in [0.15, 0.2) is 59.3 Å². The lowest BCUT2D eigenvalue weighted by molar-refractivity contribution is 0.494. The van der Waals surface area contributed by atoms with Gasteiger partial charge in [-0.15, -0.1) is 10.2 Å². The second-order valence-corrected chi connectivity index (χ2v) is 6.61. The molecule has 118 valence electrons. The zero-order chi connectivity index (χ0) is 16.1. The molecule has 0 unspecified atom stereocenters. The maximum absolute atomic E-state index is 12.0. The van der Waals surface area contributed by atoms with Gasteiger partial charge in [0.2, 0.25) is 21.8 Å². The molecule has 0 bridgehead atoms. The lowest BCUT2D eigenvalue weighted by Crippen LogP contribution is -2.24. The number of hydrogen-bond acceptors (Lipinski definition) is 6. The lowest BCUT2D eigenvalue weighted by Gasteiger charge is -2.04. The Labute approximate surface area is 133 Å². The van der Waals surface area contributed by atoms with Crippen LogP contribution in [-0.2, 0) is 22.3 Å². The SMILES string of the molecule is O=S(=O)(Cc1ccccc1)NCc1nnc(-c2ccncc2)o1. The fourth-order valence-electron chi connectivity index (χ4n) is 1.95. The number of benzene rings is 1. The van der Waals surface area contributed by atoms with E-state index in [1.54, 1.807) is 48.8 Å². The first-order chi connectivity index (χ1) is 11.1. The Morgan fingerprint density at radius 3 is 2.48 bits per heavy atom. The third-order valence-corrected chi connectivity index (χ3v) is 4.33. The minimum Gasteiger partial charge on any atom is -0.419 e. The minimum atomic E-state index is -3.48. The molecule has 0 saturated carbocycles. The van der Waals surface area contributed by atoms with Gasteiger partial charge in [0.1, 0.15) is 0 Å². The van der Waals surface area contributed by atoms with Gasteiger partial charge in [0.25, 0.3) is 0 Å². The van der Waals surface area contributed by atoms with Crippen LogP contribution in [0.5, 0.6) is 0 Å². The van der Waals surface area contributed by atoms with Crippen molar-refractivity contribution < 1.29 is 12.8 Å². The molecule has 0 spiro atoms. The van der Waals surface area contributed by atoms with E-state index in [1.165, 1.54) is 0 Å². The first-order valence-electron chi connectivity index (χ1n) is 6.86. The van der Waals surface area contributed by atoms with Crippen molar-refractivity contribution in [3.8, 4) is 11.5 Å². The van der Waals surface area contributed by atoms with Crippen molar-refractivity contribution >= 4 is 10.0 Å². The van der Waals surface area contributed by atoms with Gasteiger partial charge in [-0.05, 0) is 17.7 Å². The third kappa shape index (κ3) is 4.21. The van der Waals surface area contributed by atoms with Crippen LogP contribution in [0.1, 0.15) is 11.5 Å². The Balaban J connectivity index is 1.63. The van der Waals surface area contributed by atoms with Gasteiger partial charge in [-0.3, -0.25) is 4.98 Å². The van der Waals surface area contributed by atoms with Gasteiger partial charge < -0.3 is 4.42 Å². The van der Waals surface area contributed by atoms with E-state index in [1.807, 2.05) is 6.07 Å². The molecule has 7 nitrogen and oxygen atoms in total. The van der Waals surface area contributed by atoms with E-state index in [2.05, 4.69) is 19.9 Å². The summed E-state index contributed by atoms with van der Waals surface area (Å²) >= 11 is 0. The van der Waals surface area contributed by atoms with Gasteiger partial charge >= 0.3 is 0 Å². The predicted molar refractivity (Wildman–Crippen MR) is 83.4 cm³/mol. The second kappa shape index (κ2) is 6.67. The summed E-state index contributed by atoms with van der Waals surface area (Å²) in [6.07, 6.45) is 3.23. The maximum atomic E-state index is 12.0. The lowest BCUT2D eigenvalue weighted by atomic mass is 10.2. The fraction of sp³-hybridized carbons (Fsp3) is 0.133. The average Bonchev–Trinajstić information content (AvgIpc) is 3.04. The number of nitrogens with one attached hydrogen (secondary N) is 1. The van der Waals surface area contributed by atoms with Gasteiger partial charge in [-0.1, -0.05) is 30.3 Å². The van der Waals surface area contributed by atoms with Gasteiger partial charge in [0, 0.05) is 18.0 Å². The molecule has 0 radical (unpaired) electrons. The van der Waals surface area contributed by atoms with Gasteiger partial charge in [-0.25, -0.2) is 13.1 Å². The van der Waals surface area contributed by atoms with E-state index < -0.39 is 10.0 Å². The van der Waals surface area contributed by atoms with E-state index in [4.69, 9.17) is 4.42 Å². The number of pyridine rings is 1. The molecule has 3 aromatic rings. The molecule has 0 atom stereocenters. The number of aromatic nitrogens is 3. The van der Waals surface area contributed by atoms with E-state index in [-0.39, 0.29) is 18.2 Å². The molecule has 1 aromatic carbocycles. The molecular formula is C15H14N4O3S. The number of hydrogen-bond donors (Lipinski definition) is 1. The van der Waals surface area contributed by atoms with E-state index in [9.17, 15) is 8.42 Å². The standard InChI is InChI=1S/C15H14N4O3S/c20-23(21,11-12-4-2-1-3-5-12)17-10-14-18-19-15(22-14)13-6-8-16-9-7-13/h1-9,17H,10-11H2. The molecule has 3 rings (SSSR count). The van der Waals surface area contributed by atoms with Crippen molar-refractivity contribution in [3.05, 3.63) is 66.3 Å². The molecule has 8 heteroatoms. The van der Waals surface area contributed by atoms with Crippen molar-refractivity contribution in [2.24, 2.45) is 0 Å². The van der Waals surface area contributed by atoms with E-state index in [0.717, 1.165) is 5.56 Å². The van der Waals surface area contributed by atoms with Gasteiger partial charge in [-0.2, -0.15) is 0 Å². The topological polar surface area (TPSA) is 98.0 Å². The van der Waals surface area contributed by atoms with Crippen molar-refractivity contribution in [3.63, 3.8) is 0 Å². The molecule has 2 aromatic heterocycles. The van der Waals surface area contributed by atoms with Crippen LogP contribution in [0.3, 0.4) is 0 Å². The zero-order valence-electron chi connectivity index (χ0n) is 12.1. The quantitative estimate of drug-likeness (QED) is 0.739. The summed E-state index contributed by atoms with van der Waals surface area (Å²) in [4.78, 5) is 3.90. The Morgan fingerprint density at radius 1 is 1.00 bits per heavy atom. The predicted octanol–water partition coefficient (Wildman–Crippen LogP) is 1.75. The van der Waals surface area contributed by atoms with E-state index >= 15 is 0 Å². The van der Waals surface area contributed by atoms with Crippen molar-refractivity contribution in [2.45, 2.75) is 12.3 Å². The monoisotopic (exact) mass is 330 g/mol. The van der Waals surface area contributed by atoms with Crippen LogP contribution < -0.4 is 4.72 Å². The summed E-state index contributed by atoms with van der Waals surface area (Å²) < 4.78 is 32.0.